The molecule has 0 saturated heterocycles. The van der Waals surface area contributed by atoms with Crippen LogP contribution in [-0.4, -0.2) is 36.5 Å². The van der Waals surface area contributed by atoms with Gasteiger partial charge in [-0.3, -0.25) is 5.43 Å². The molecular weight excluding hydrogens is 328 g/mol. The molecule has 0 bridgehead atoms. The number of rotatable bonds is 7. The third-order valence-corrected chi connectivity index (χ3v) is 3.35. The van der Waals surface area contributed by atoms with Crippen LogP contribution in [0.15, 0.2) is 59.7 Å². The Kier molecular flexibility index (Phi) is 8.39. The summed E-state index contributed by atoms with van der Waals surface area (Å²) in [6.45, 7) is 0.896. The molecule has 130 valence electrons. The molecule has 1 atom stereocenters. The number of hydrogen-bond acceptors (Lipinski definition) is 5. The molecule has 0 spiro atoms. The molecule has 2 aromatic carbocycles. The number of quaternary nitrogens is 1. The number of benzene rings is 2. The molecule has 6 nitrogen and oxygen atoms in total. The maximum Gasteiger partial charge on any atom is 0.163 e. The molecule has 1 unspecified atom stereocenters. The minimum absolute atomic E-state index is 0. The summed E-state index contributed by atoms with van der Waals surface area (Å²) in [4.78, 5) is 2.11. The zero-order chi connectivity index (χ0) is 16.7. The van der Waals surface area contributed by atoms with Gasteiger partial charge in [-0.2, -0.15) is 10.3 Å². The van der Waals surface area contributed by atoms with Crippen LogP contribution in [-0.2, 0) is 0 Å². The number of nitrogens with one attached hydrogen (secondary N) is 2. The molecular formula is C17H23ClN4O2. The van der Waals surface area contributed by atoms with Crippen molar-refractivity contribution in [2.24, 2.45) is 5.10 Å². The highest BCUT2D eigenvalue weighted by Gasteiger charge is 2.05. The fourth-order valence-corrected chi connectivity index (χ4v) is 2.04. The Labute approximate surface area is 148 Å². The summed E-state index contributed by atoms with van der Waals surface area (Å²) in [7, 11) is 4.06. The SMILES string of the molecule is CN(C)CC/C(=N\Nc1ccc([NH+]([O-])O)cc1)c1ccccc1.Cl. The van der Waals surface area contributed by atoms with Crippen molar-refractivity contribution in [3.8, 4) is 0 Å². The molecule has 2 aromatic rings. The van der Waals surface area contributed by atoms with Gasteiger partial charge in [0.05, 0.1) is 11.4 Å². The molecule has 7 heteroatoms. The summed E-state index contributed by atoms with van der Waals surface area (Å²) >= 11 is 0. The van der Waals surface area contributed by atoms with Gasteiger partial charge in [0.15, 0.2) is 5.69 Å². The molecule has 24 heavy (non-hydrogen) atoms. The van der Waals surface area contributed by atoms with Crippen LogP contribution in [0.2, 0.25) is 0 Å². The molecule has 2 rings (SSSR count). The van der Waals surface area contributed by atoms with Crippen molar-refractivity contribution < 1.29 is 10.4 Å². The van der Waals surface area contributed by atoms with Gasteiger partial charge >= 0.3 is 0 Å². The van der Waals surface area contributed by atoms with Gasteiger partial charge in [0, 0.05) is 25.1 Å². The first-order valence-corrected chi connectivity index (χ1v) is 7.42. The molecule has 0 radical (unpaired) electrons. The standard InChI is InChI=1S/C17H22N4O2.ClH/c1-20(2)13-12-17(14-6-4-3-5-7-14)19-18-15-8-10-16(11-9-15)21(22)23;/h3-11,18,21-22H,12-13H2,1-2H3;1H/b19-17+;. The summed E-state index contributed by atoms with van der Waals surface area (Å²) in [5, 5.41) is 23.3. The second-order valence-electron chi connectivity index (χ2n) is 5.47. The molecule has 0 aliphatic carbocycles. The first kappa shape index (κ1) is 20.1. The van der Waals surface area contributed by atoms with Crippen molar-refractivity contribution in [2.45, 2.75) is 6.42 Å². The van der Waals surface area contributed by atoms with E-state index in [-0.39, 0.29) is 18.1 Å². The van der Waals surface area contributed by atoms with E-state index in [1.807, 2.05) is 44.4 Å². The van der Waals surface area contributed by atoms with E-state index in [0.717, 1.165) is 29.9 Å². The third kappa shape index (κ3) is 6.27. The normalized spacial score (nSPS) is 12.6. The fourth-order valence-electron chi connectivity index (χ4n) is 2.04. The Morgan fingerprint density at radius 2 is 1.75 bits per heavy atom. The average molecular weight is 351 g/mol. The second-order valence-corrected chi connectivity index (χ2v) is 5.47. The maximum absolute atomic E-state index is 10.9. The lowest BCUT2D eigenvalue weighted by Gasteiger charge is -2.13. The molecule has 0 aromatic heterocycles. The van der Waals surface area contributed by atoms with E-state index in [1.54, 1.807) is 24.3 Å². The van der Waals surface area contributed by atoms with Crippen LogP contribution >= 0.6 is 12.4 Å². The van der Waals surface area contributed by atoms with Crippen LogP contribution in [0.4, 0.5) is 11.4 Å². The lowest BCUT2D eigenvalue weighted by molar-refractivity contribution is -0.991. The van der Waals surface area contributed by atoms with Gasteiger partial charge in [0.1, 0.15) is 0 Å². The monoisotopic (exact) mass is 350 g/mol. The molecule has 0 aliphatic heterocycles. The van der Waals surface area contributed by atoms with Gasteiger partial charge in [0.25, 0.3) is 0 Å². The van der Waals surface area contributed by atoms with Crippen LogP contribution in [0.25, 0.3) is 0 Å². The van der Waals surface area contributed by atoms with Crippen molar-refractivity contribution in [3.63, 3.8) is 0 Å². The highest BCUT2D eigenvalue weighted by atomic mass is 35.5. The van der Waals surface area contributed by atoms with Gasteiger partial charge in [-0.15, -0.1) is 12.4 Å². The summed E-state index contributed by atoms with van der Waals surface area (Å²) in [6, 6.07) is 16.6. The van der Waals surface area contributed by atoms with E-state index in [1.165, 1.54) is 0 Å². The summed E-state index contributed by atoms with van der Waals surface area (Å²) in [5.74, 6) is 0. The van der Waals surface area contributed by atoms with Crippen molar-refractivity contribution in [3.05, 3.63) is 65.4 Å². The zero-order valence-corrected chi connectivity index (χ0v) is 14.6. The highest BCUT2D eigenvalue weighted by Crippen LogP contribution is 2.12. The summed E-state index contributed by atoms with van der Waals surface area (Å²) < 4.78 is 0. The summed E-state index contributed by atoms with van der Waals surface area (Å²) in [5.41, 5.74) is 6.06. The number of halogens is 1. The van der Waals surface area contributed by atoms with E-state index in [9.17, 15) is 5.21 Å². The predicted molar refractivity (Wildman–Crippen MR) is 99.2 cm³/mol. The maximum atomic E-state index is 10.9. The van der Waals surface area contributed by atoms with E-state index >= 15 is 0 Å². The Hall–Kier alpha value is -1.96. The van der Waals surface area contributed by atoms with Gasteiger partial charge in [0.2, 0.25) is 0 Å². The molecule has 0 heterocycles. The minimum atomic E-state index is -0.934. The van der Waals surface area contributed by atoms with Crippen LogP contribution in [0.1, 0.15) is 12.0 Å². The smallest absolute Gasteiger partial charge is 0.163 e. The Morgan fingerprint density at radius 1 is 1.12 bits per heavy atom. The Morgan fingerprint density at radius 3 is 2.29 bits per heavy atom. The Balaban J connectivity index is 0.00000288. The Bertz CT molecular complexity index is 631. The predicted octanol–water partition coefficient (Wildman–Crippen LogP) is 2.28. The molecule has 0 fully saturated rings. The first-order valence-electron chi connectivity index (χ1n) is 7.42. The summed E-state index contributed by atoms with van der Waals surface area (Å²) in [6.07, 6.45) is 0.817. The number of hydrogen-bond donors (Lipinski definition) is 3. The first-order chi connectivity index (χ1) is 11.1. The number of hydrazone groups is 1. The quantitative estimate of drug-likeness (QED) is 0.529. The third-order valence-electron chi connectivity index (χ3n) is 3.35. The van der Waals surface area contributed by atoms with Crippen molar-refractivity contribution in [1.82, 2.24) is 4.90 Å². The largest absolute Gasteiger partial charge is 0.595 e. The highest BCUT2D eigenvalue weighted by molar-refractivity contribution is 6.01. The van der Waals surface area contributed by atoms with E-state index in [0.29, 0.717) is 0 Å². The second kappa shape index (κ2) is 10.0. The molecule has 3 N–H and O–H groups in total. The van der Waals surface area contributed by atoms with Crippen LogP contribution in [0, 0.1) is 5.21 Å². The number of anilines is 1. The van der Waals surface area contributed by atoms with Gasteiger partial charge < -0.3 is 10.1 Å². The van der Waals surface area contributed by atoms with Gasteiger partial charge in [-0.05, 0) is 31.8 Å². The molecule has 0 saturated carbocycles. The fraction of sp³-hybridized carbons (Fsp3) is 0.235. The lowest BCUT2D eigenvalue weighted by Crippen LogP contribution is -2.99. The van der Waals surface area contributed by atoms with Crippen molar-refractivity contribution in [1.29, 1.82) is 0 Å². The van der Waals surface area contributed by atoms with Crippen LogP contribution in [0.3, 0.4) is 0 Å². The minimum Gasteiger partial charge on any atom is -0.595 e. The van der Waals surface area contributed by atoms with Crippen LogP contribution in [0.5, 0.6) is 0 Å². The van der Waals surface area contributed by atoms with Crippen molar-refractivity contribution >= 4 is 29.5 Å². The van der Waals surface area contributed by atoms with E-state index < -0.39 is 5.23 Å². The van der Waals surface area contributed by atoms with E-state index in [2.05, 4.69) is 15.4 Å². The number of nitrogens with zero attached hydrogens (tertiary/aromatic N) is 2. The van der Waals surface area contributed by atoms with Crippen LogP contribution < -0.4 is 10.7 Å². The van der Waals surface area contributed by atoms with Gasteiger partial charge in [-0.1, -0.05) is 30.3 Å². The zero-order valence-electron chi connectivity index (χ0n) is 13.8. The van der Waals surface area contributed by atoms with E-state index in [4.69, 9.17) is 5.21 Å². The lowest BCUT2D eigenvalue weighted by atomic mass is 10.1. The topological polar surface area (TPSA) is 75.4 Å². The van der Waals surface area contributed by atoms with Crippen molar-refractivity contribution in [2.75, 3.05) is 26.1 Å². The average Bonchev–Trinajstić information content (AvgIpc) is 2.56. The van der Waals surface area contributed by atoms with Gasteiger partial charge in [-0.25, -0.2) is 5.21 Å². The molecule has 0 aliphatic rings. The molecule has 0 amide bonds.